The Morgan fingerprint density at radius 1 is 0.931 bits per heavy atom. The van der Waals surface area contributed by atoms with Crippen molar-refractivity contribution in [3.8, 4) is 0 Å². The van der Waals surface area contributed by atoms with Crippen LogP contribution in [0.15, 0.2) is 54.6 Å². The van der Waals surface area contributed by atoms with Crippen LogP contribution in [0, 0.1) is 5.82 Å². The number of hydrogen-bond donors (Lipinski definition) is 4. The van der Waals surface area contributed by atoms with Crippen molar-refractivity contribution in [2.45, 2.75) is 13.0 Å². The molecule has 0 bridgehead atoms. The minimum Gasteiger partial charge on any atom is -0.345 e. The van der Waals surface area contributed by atoms with E-state index in [9.17, 15) is 14.0 Å². The molecule has 3 rings (SSSR count). The topological polar surface area (TPSA) is 67.1 Å². The number of halogens is 1. The van der Waals surface area contributed by atoms with E-state index in [0.29, 0.717) is 18.8 Å². The third-order valence-electron chi connectivity index (χ3n) is 5.27. The fourth-order valence-corrected chi connectivity index (χ4v) is 3.65. The van der Waals surface area contributed by atoms with Crippen LogP contribution in [0.3, 0.4) is 0 Å². The lowest BCUT2D eigenvalue weighted by molar-refractivity contribution is -1.00. The van der Waals surface area contributed by atoms with Crippen LogP contribution in [-0.2, 0) is 9.59 Å². The van der Waals surface area contributed by atoms with Gasteiger partial charge >= 0.3 is 0 Å². The molecule has 1 atom stereocenters. The summed E-state index contributed by atoms with van der Waals surface area (Å²) >= 11 is 0. The molecule has 154 valence electrons. The minimum absolute atomic E-state index is 0.0125. The van der Waals surface area contributed by atoms with Gasteiger partial charge in [-0.2, -0.15) is 0 Å². The summed E-state index contributed by atoms with van der Waals surface area (Å²) in [5.74, 6) is -0.445. The first-order valence-electron chi connectivity index (χ1n) is 10.1. The molecule has 2 aromatic rings. The van der Waals surface area contributed by atoms with E-state index in [4.69, 9.17) is 0 Å². The van der Waals surface area contributed by atoms with Gasteiger partial charge in [-0.25, -0.2) is 4.39 Å². The van der Waals surface area contributed by atoms with Crippen LogP contribution in [0.5, 0.6) is 0 Å². The molecule has 1 aliphatic rings. The quantitative estimate of drug-likeness (QED) is 0.503. The molecule has 0 aliphatic carbocycles. The van der Waals surface area contributed by atoms with Crippen molar-refractivity contribution in [3.05, 3.63) is 66.0 Å². The Hall–Kier alpha value is -2.77. The van der Waals surface area contributed by atoms with E-state index in [1.165, 1.54) is 21.9 Å². The average Bonchev–Trinajstić information content (AvgIpc) is 2.70. The van der Waals surface area contributed by atoms with Crippen molar-refractivity contribution < 1.29 is 23.8 Å². The van der Waals surface area contributed by atoms with Gasteiger partial charge in [0.1, 0.15) is 32.0 Å². The van der Waals surface area contributed by atoms with Crippen LogP contribution in [-0.4, -0.2) is 51.1 Å². The summed E-state index contributed by atoms with van der Waals surface area (Å²) in [6.07, 6.45) is 0. The molecular weight excluding hydrogens is 371 g/mol. The highest BCUT2D eigenvalue weighted by atomic mass is 19.1. The van der Waals surface area contributed by atoms with E-state index in [0.717, 1.165) is 31.7 Å². The summed E-state index contributed by atoms with van der Waals surface area (Å²) in [6, 6.07) is 15.8. The first-order valence-corrected chi connectivity index (χ1v) is 10.1. The molecule has 6 nitrogen and oxygen atoms in total. The fraction of sp³-hybridized carbons (Fsp3) is 0.364. The van der Waals surface area contributed by atoms with Gasteiger partial charge in [-0.3, -0.25) is 9.59 Å². The maximum atomic E-state index is 13.2. The summed E-state index contributed by atoms with van der Waals surface area (Å²) in [5, 5.41) is 5.80. The maximum Gasteiger partial charge on any atom is 0.279 e. The molecular formula is C22H29FN4O2+2. The van der Waals surface area contributed by atoms with Gasteiger partial charge in [-0.15, -0.1) is 0 Å². The minimum atomic E-state index is -0.368. The molecule has 2 aromatic carbocycles. The van der Waals surface area contributed by atoms with E-state index in [1.807, 2.05) is 37.3 Å². The van der Waals surface area contributed by atoms with Crippen molar-refractivity contribution in [2.75, 3.05) is 44.6 Å². The van der Waals surface area contributed by atoms with Crippen LogP contribution in [0.2, 0.25) is 0 Å². The van der Waals surface area contributed by atoms with Crippen LogP contribution < -0.4 is 20.4 Å². The highest BCUT2D eigenvalue weighted by Gasteiger charge is 2.26. The van der Waals surface area contributed by atoms with Gasteiger partial charge in [-0.1, -0.05) is 36.4 Å². The lowest BCUT2D eigenvalue weighted by Gasteiger charge is -2.29. The zero-order valence-corrected chi connectivity index (χ0v) is 16.7. The molecule has 0 aromatic heterocycles. The Bertz CT molecular complexity index is 823. The van der Waals surface area contributed by atoms with Gasteiger partial charge < -0.3 is 20.4 Å². The molecule has 4 N–H and O–H groups in total. The SMILES string of the molecule is C[C@@H](NC(=O)C[NH+]1CC[NH+](CC(=O)Nc2cccc(F)c2)CC1)c1ccccc1. The number of anilines is 1. The average molecular weight is 400 g/mol. The molecule has 0 unspecified atom stereocenters. The Labute approximate surface area is 170 Å². The standard InChI is InChI=1S/C22H27FN4O2/c1-17(18-6-3-2-4-7-18)24-21(28)15-26-10-12-27(13-11-26)16-22(29)25-20-9-5-8-19(23)14-20/h2-9,14,17H,10-13,15-16H2,1H3,(H,24,28)(H,25,29)/p+2/t17-/m1/s1. The van der Waals surface area contributed by atoms with Crippen molar-refractivity contribution >= 4 is 17.5 Å². The Kier molecular flexibility index (Phi) is 7.32. The molecule has 29 heavy (non-hydrogen) atoms. The lowest BCUT2D eigenvalue weighted by atomic mass is 10.1. The van der Waals surface area contributed by atoms with E-state index in [-0.39, 0.29) is 23.7 Å². The van der Waals surface area contributed by atoms with Crippen LogP contribution in [0.1, 0.15) is 18.5 Å². The molecule has 1 fully saturated rings. The summed E-state index contributed by atoms with van der Waals surface area (Å²) < 4.78 is 13.2. The Morgan fingerprint density at radius 2 is 1.55 bits per heavy atom. The number of carbonyl (C=O) groups is 2. The van der Waals surface area contributed by atoms with Crippen molar-refractivity contribution in [2.24, 2.45) is 0 Å². The monoisotopic (exact) mass is 400 g/mol. The Balaban J connectivity index is 1.37. The van der Waals surface area contributed by atoms with Crippen LogP contribution in [0.4, 0.5) is 10.1 Å². The molecule has 7 heteroatoms. The van der Waals surface area contributed by atoms with E-state index >= 15 is 0 Å². The smallest absolute Gasteiger partial charge is 0.279 e. The number of hydrogen-bond acceptors (Lipinski definition) is 2. The first-order chi connectivity index (χ1) is 14.0. The van der Waals surface area contributed by atoms with E-state index in [2.05, 4.69) is 10.6 Å². The van der Waals surface area contributed by atoms with Gasteiger partial charge in [0, 0.05) is 5.69 Å². The van der Waals surface area contributed by atoms with Gasteiger partial charge in [0.2, 0.25) is 0 Å². The normalized spacial score (nSPS) is 19.9. The zero-order valence-electron chi connectivity index (χ0n) is 16.7. The molecule has 1 saturated heterocycles. The number of rotatable bonds is 7. The number of carbonyl (C=O) groups excluding carboxylic acids is 2. The number of piperazine rings is 1. The van der Waals surface area contributed by atoms with Gasteiger partial charge in [-0.05, 0) is 30.7 Å². The van der Waals surface area contributed by atoms with Gasteiger partial charge in [0.25, 0.3) is 11.8 Å². The second kappa shape index (κ2) is 10.1. The molecule has 0 radical (unpaired) electrons. The molecule has 1 aliphatic heterocycles. The van der Waals surface area contributed by atoms with Crippen molar-refractivity contribution in [1.82, 2.24) is 5.32 Å². The number of amides is 2. The number of quaternary nitrogens is 2. The number of benzene rings is 2. The predicted octanol–water partition coefficient (Wildman–Crippen LogP) is -0.575. The molecule has 0 spiro atoms. The van der Waals surface area contributed by atoms with Gasteiger partial charge in [0.05, 0.1) is 6.04 Å². The van der Waals surface area contributed by atoms with Crippen molar-refractivity contribution in [1.29, 1.82) is 0 Å². The molecule has 1 heterocycles. The second-order valence-corrected chi connectivity index (χ2v) is 7.61. The van der Waals surface area contributed by atoms with Gasteiger partial charge in [0.15, 0.2) is 13.1 Å². The zero-order chi connectivity index (χ0) is 20.6. The summed E-state index contributed by atoms with van der Waals surface area (Å²) in [4.78, 5) is 26.9. The lowest BCUT2D eigenvalue weighted by Crippen LogP contribution is -3.28. The van der Waals surface area contributed by atoms with E-state index < -0.39 is 0 Å². The summed E-state index contributed by atoms with van der Waals surface area (Å²) in [5.41, 5.74) is 1.57. The van der Waals surface area contributed by atoms with Crippen LogP contribution >= 0.6 is 0 Å². The number of nitrogens with one attached hydrogen (secondary N) is 4. The summed E-state index contributed by atoms with van der Waals surface area (Å²) in [6.45, 7) is 6.12. The highest BCUT2D eigenvalue weighted by Crippen LogP contribution is 2.10. The van der Waals surface area contributed by atoms with Crippen LogP contribution in [0.25, 0.3) is 0 Å². The van der Waals surface area contributed by atoms with Crippen molar-refractivity contribution in [3.63, 3.8) is 0 Å². The highest BCUT2D eigenvalue weighted by molar-refractivity contribution is 5.91. The molecule has 0 saturated carbocycles. The largest absolute Gasteiger partial charge is 0.345 e. The fourth-order valence-electron chi connectivity index (χ4n) is 3.65. The molecule has 2 amide bonds. The second-order valence-electron chi connectivity index (χ2n) is 7.61. The predicted molar refractivity (Wildman–Crippen MR) is 109 cm³/mol. The first kappa shape index (κ1) is 21.0. The third-order valence-corrected chi connectivity index (χ3v) is 5.27. The Morgan fingerprint density at radius 3 is 2.17 bits per heavy atom. The third kappa shape index (κ3) is 6.66. The van der Waals surface area contributed by atoms with E-state index in [1.54, 1.807) is 12.1 Å². The summed E-state index contributed by atoms with van der Waals surface area (Å²) in [7, 11) is 0. The maximum absolute atomic E-state index is 13.2.